The van der Waals surface area contributed by atoms with Gasteiger partial charge in [-0.1, -0.05) is 45.4 Å². The molecule has 20 heavy (non-hydrogen) atoms. The molecule has 1 saturated carbocycles. The number of nitrogens with zero attached hydrogens (tertiary/aromatic N) is 2. The molecular formula is C14H14BrN3OS. The molecule has 1 N–H and O–H groups in total. The molecule has 1 fully saturated rings. The van der Waals surface area contributed by atoms with E-state index in [1.807, 2.05) is 24.3 Å². The summed E-state index contributed by atoms with van der Waals surface area (Å²) in [7, 11) is 0. The van der Waals surface area contributed by atoms with Gasteiger partial charge in [0.05, 0.1) is 0 Å². The number of hydrogen-bond acceptors (Lipinski definition) is 4. The van der Waals surface area contributed by atoms with Crippen molar-refractivity contribution in [1.82, 2.24) is 14.9 Å². The van der Waals surface area contributed by atoms with E-state index in [1.165, 1.54) is 12.8 Å². The fourth-order valence-corrected chi connectivity index (χ4v) is 3.31. The fourth-order valence-electron chi connectivity index (χ4n) is 2.46. The summed E-state index contributed by atoms with van der Waals surface area (Å²) < 4.78 is 4.94. The van der Waals surface area contributed by atoms with Gasteiger partial charge < -0.3 is 5.32 Å². The zero-order chi connectivity index (χ0) is 13.9. The summed E-state index contributed by atoms with van der Waals surface area (Å²) in [5.41, 5.74) is 1.58. The first-order chi connectivity index (χ1) is 9.74. The molecule has 0 bridgehead atoms. The van der Waals surface area contributed by atoms with Crippen LogP contribution in [0.5, 0.6) is 0 Å². The molecule has 1 amide bonds. The van der Waals surface area contributed by atoms with Gasteiger partial charge in [0, 0.05) is 16.1 Å². The Bertz CT molecular complexity index is 605. The van der Waals surface area contributed by atoms with E-state index < -0.39 is 0 Å². The van der Waals surface area contributed by atoms with E-state index in [0.29, 0.717) is 16.6 Å². The monoisotopic (exact) mass is 351 g/mol. The van der Waals surface area contributed by atoms with Crippen LogP contribution in [-0.4, -0.2) is 21.5 Å². The van der Waals surface area contributed by atoms with Gasteiger partial charge in [-0.3, -0.25) is 4.79 Å². The van der Waals surface area contributed by atoms with Crippen LogP contribution in [0.1, 0.15) is 35.4 Å². The van der Waals surface area contributed by atoms with Gasteiger partial charge in [-0.15, -0.1) is 5.10 Å². The average molecular weight is 352 g/mol. The predicted octanol–water partition coefficient (Wildman–Crippen LogP) is 3.64. The lowest BCUT2D eigenvalue weighted by atomic mass is 10.1. The van der Waals surface area contributed by atoms with Gasteiger partial charge >= 0.3 is 0 Å². The lowest BCUT2D eigenvalue weighted by Crippen LogP contribution is -2.32. The SMILES string of the molecule is O=C(NC1CCCC1)c1snnc1-c1ccc(Br)cc1. The third kappa shape index (κ3) is 2.91. The number of halogens is 1. The Morgan fingerprint density at radius 2 is 1.95 bits per heavy atom. The Balaban J connectivity index is 1.82. The first kappa shape index (κ1) is 13.7. The zero-order valence-corrected chi connectivity index (χ0v) is 13.2. The summed E-state index contributed by atoms with van der Waals surface area (Å²) in [6, 6.07) is 8.06. The van der Waals surface area contributed by atoms with Crippen LogP contribution in [0.3, 0.4) is 0 Å². The van der Waals surface area contributed by atoms with Crippen molar-refractivity contribution in [3.63, 3.8) is 0 Å². The second-order valence-corrected chi connectivity index (χ2v) is 6.58. The van der Waals surface area contributed by atoms with Crippen molar-refractivity contribution in [2.24, 2.45) is 0 Å². The zero-order valence-electron chi connectivity index (χ0n) is 10.8. The molecule has 0 aliphatic heterocycles. The number of hydrogen-bond donors (Lipinski definition) is 1. The minimum absolute atomic E-state index is 0.0511. The van der Waals surface area contributed by atoms with Crippen LogP contribution >= 0.6 is 27.5 Å². The van der Waals surface area contributed by atoms with E-state index >= 15 is 0 Å². The van der Waals surface area contributed by atoms with Crippen molar-refractivity contribution < 1.29 is 4.79 Å². The number of rotatable bonds is 3. The summed E-state index contributed by atoms with van der Waals surface area (Å²) in [5.74, 6) is -0.0511. The van der Waals surface area contributed by atoms with Crippen molar-refractivity contribution in [2.75, 3.05) is 0 Å². The minimum Gasteiger partial charge on any atom is -0.348 e. The third-order valence-corrected chi connectivity index (χ3v) is 4.76. The van der Waals surface area contributed by atoms with Gasteiger partial charge in [-0.2, -0.15) is 0 Å². The maximum absolute atomic E-state index is 12.3. The molecular weight excluding hydrogens is 338 g/mol. The van der Waals surface area contributed by atoms with Gasteiger partial charge in [0.25, 0.3) is 5.91 Å². The van der Waals surface area contributed by atoms with E-state index in [4.69, 9.17) is 0 Å². The molecule has 1 aliphatic rings. The highest BCUT2D eigenvalue weighted by Gasteiger charge is 2.22. The van der Waals surface area contributed by atoms with E-state index in [0.717, 1.165) is 34.4 Å². The Morgan fingerprint density at radius 1 is 1.25 bits per heavy atom. The Hall–Kier alpha value is -1.27. The van der Waals surface area contributed by atoms with Crippen LogP contribution in [0.4, 0.5) is 0 Å². The number of nitrogens with one attached hydrogen (secondary N) is 1. The van der Waals surface area contributed by atoms with Crippen molar-refractivity contribution >= 4 is 33.4 Å². The van der Waals surface area contributed by atoms with Crippen LogP contribution in [0, 0.1) is 0 Å². The molecule has 1 aliphatic carbocycles. The lowest BCUT2D eigenvalue weighted by Gasteiger charge is -2.11. The maximum Gasteiger partial charge on any atom is 0.265 e. The molecule has 0 atom stereocenters. The van der Waals surface area contributed by atoms with Gasteiger partial charge in [-0.25, -0.2) is 0 Å². The van der Waals surface area contributed by atoms with Crippen molar-refractivity contribution in [2.45, 2.75) is 31.7 Å². The van der Waals surface area contributed by atoms with Crippen LogP contribution in [0.2, 0.25) is 0 Å². The molecule has 0 saturated heterocycles. The third-order valence-electron chi connectivity index (χ3n) is 3.50. The van der Waals surface area contributed by atoms with Gasteiger partial charge in [0.15, 0.2) is 0 Å². The molecule has 1 aromatic heterocycles. The highest BCUT2D eigenvalue weighted by atomic mass is 79.9. The van der Waals surface area contributed by atoms with Crippen LogP contribution in [0.25, 0.3) is 11.3 Å². The Kier molecular flexibility index (Phi) is 4.12. The highest BCUT2D eigenvalue weighted by molar-refractivity contribution is 9.10. The van der Waals surface area contributed by atoms with E-state index in [9.17, 15) is 4.79 Å². The maximum atomic E-state index is 12.3. The number of carbonyl (C=O) groups excluding carboxylic acids is 1. The molecule has 1 heterocycles. The van der Waals surface area contributed by atoms with Gasteiger partial charge in [0.2, 0.25) is 0 Å². The van der Waals surface area contributed by atoms with Crippen LogP contribution < -0.4 is 5.32 Å². The first-order valence-electron chi connectivity index (χ1n) is 6.63. The molecule has 3 rings (SSSR count). The second-order valence-electron chi connectivity index (χ2n) is 4.91. The van der Waals surface area contributed by atoms with Crippen molar-refractivity contribution in [1.29, 1.82) is 0 Å². The summed E-state index contributed by atoms with van der Waals surface area (Å²) in [4.78, 5) is 12.9. The number of amides is 1. The molecule has 4 nitrogen and oxygen atoms in total. The van der Waals surface area contributed by atoms with E-state index in [-0.39, 0.29) is 5.91 Å². The van der Waals surface area contributed by atoms with Gasteiger partial charge in [-0.05, 0) is 36.5 Å². The van der Waals surface area contributed by atoms with E-state index in [2.05, 4.69) is 30.8 Å². The van der Waals surface area contributed by atoms with Crippen LogP contribution in [-0.2, 0) is 0 Å². The highest BCUT2D eigenvalue weighted by Crippen LogP contribution is 2.26. The smallest absolute Gasteiger partial charge is 0.265 e. The standard InChI is InChI=1S/C14H14BrN3OS/c15-10-7-5-9(6-8-10)12-13(20-18-17-12)14(19)16-11-3-1-2-4-11/h5-8,11H,1-4H2,(H,16,19). The topological polar surface area (TPSA) is 54.9 Å². The number of benzene rings is 1. The summed E-state index contributed by atoms with van der Waals surface area (Å²) in [6.07, 6.45) is 4.55. The average Bonchev–Trinajstić information content (AvgIpc) is 3.10. The molecule has 0 unspecified atom stereocenters. The predicted molar refractivity (Wildman–Crippen MR) is 82.8 cm³/mol. The summed E-state index contributed by atoms with van der Waals surface area (Å²) in [5, 5.41) is 7.19. The lowest BCUT2D eigenvalue weighted by molar-refractivity contribution is 0.0942. The molecule has 1 aromatic carbocycles. The molecule has 0 spiro atoms. The van der Waals surface area contributed by atoms with E-state index in [1.54, 1.807) is 0 Å². The number of carbonyl (C=O) groups is 1. The largest absolute Gasteiger partial charge is 0.348 e. The Morgan fingerprint density at radius 3 is 2.65 bits per heavy atom. The molecule has 0 radical (unpaired) electrons. The normalized spacial score (nSPS) is 15.4. The molecule has 2 aromatic rings. The quantitative estimate of drug-likeness (QED) is 0.918. The summed E-state index contributed by atoms with van der Waals surface area (Å²) >= 11 is 4.56. The molecule has 6 heteroatoms. The molecule has 104 valence electrons. The first-order valence-corrected chi connectivity index (χ1v) is 8.20. The van der Waals surface area contributed by atoms with Crippen molar-refractivity contribution in [3.8, 4) is 11.3 Å². The Labute approximate surface area is 129 Å². The van der Waals surface area contributed by atoms with Crippen molar-refractivity contribution in [3.05, 3.63) is 33.6 Å². The minimum atomic E-state index is -0.0511. The van der Waals surface area contributed by atoms with Crippen LogP contribution in [0.15, 0.2) is 28.7 Å². The second kappa shape index (κ2) is 6.01. The number of aromatic nitrogens is 2. The summed E-state index contributed by atoms with van der Waals surface area (Å²) in [6.45, 7) is 0. The fraction of sp³-hybridized carbons (Fsp3) is 0.357. The van der Waals surface area contributed by atoms with Gasteiger partial charge in [0.1, 0.15) is 10.6 Å².